The minimum absolute atomic E-state index is 0.0171. The summed E-state index contributed by atoms with van der Waals surface area (Å²) in [5, 5.41) is 0.727. The third-order valence-corrected chi connectivity index (χ3v) is 10.6. The van der Waals surface area contributed by atoms with Crippen LogP contribution in [-0.2, 0) is 9.47 Å². The van der Waals surface area contributed by atoms with Crippen LogP contribution in [0.4, 0.5) is 4.79 Å². The van der Waals surface area contributed by atoms with E-state index in [2.05, 4.69) is 44.9 Å². The normalized spacial score (nSPS) is 30.0. The summed E-state index contributed by atoms with van der Waals surface area (Å²) in [6.45, 7) is 8.14. The minimum Gasteiger partial charge on any atom is -0.444 e. The molecular formula is C35H40ClN5O3. The highest BCUT2D eigenvalue weighted by Crippen LogP contribution is 2.61. The van der Waals surface area contributed by atoms with E-state index in [0.717, 1.165) is 42.1 Å². The number of carbonyl (C=O) groups is 1. The Labute approximate surface area is 264 Å². The number of carbonyl (C=O) groups excluding carboxylic acids is 1. The molecule has 5 unspecified atom stereocenters. The van der Waals surface area contributed by atoms with Crippen LogP contribution in [0.2, 0.25) is 5.02 Å². The molecule has 3 aromatic rings. The molecule has 230 valence electrons. The molecule has 5 atom stereocenters. The number of pyridine rings is 1. The first-order chi connectivity index (χ1) is 21.2. The highest BCUT2D eigenvalue weighted by atomic mass is 35.5. The number of ether oxygens (including phenoxy) is 2. The second-order valence-corrected chi connectivity index (χ2v) is 14.6. The Morgan fingerprint density at radius 1 is 1.14 bits per heavy atom. The first-order valence-corrected chi connectivity index (χ1v) is 16.4. The summed E-state index contributed by atoms with van der Waals surface area (Å²) in [6.07, 6.45) is 15.3. The van der Waals surface area contributed by atoms with Gasteiger partial charge in [-0.1, -0.05) is 23.7 Å². The van der Waals surface area contributed by atoms with Crippen LogP contribution in [-0.4, -0.2) is 73.5 Å². The Bertz CT molecular complexity index is 1610. The maximum atomic E-state index is 12.8. The zero-order chi connectivity index (χ0) is 30.2. The largest absolute Gasteiger partial charge is 0.444 e. The highest BCUT2D eigenvalue weighted by Gasteiger charge is 2.66. The number of nitrogens with zero attached hydrogens (tertiary/aromatic N) is 5. The van der Waals surface area contributed by atoms with E-state index in [1.54, 1.807) is 0 Å². The Hall–Kier alpha value is -3.20. The first kappa shape index (κ1) is 28.3. The topological polar surface area (TPSA) is 76.0 Å². The van der Waals surface area contributed by atoms with Gasteiger partial charge in [0.2, 0.25) is 0 Å². The molecule has 0 radical (unpaired) electrons. The molecule has 8 nitrogen and oxygen atoms in total. The molecule has 2 aromatic heterocycles. The molecule has 5 heterocycles. The molecule has 8 rings (SSSR count). The molecule has 3 aliphatic heterocycles. The van der Waals surface area contributed by atoms with Gasteiger partial charge in [-0.05, 0) is 99.8 Å². The van der Waals surface area contributed by atoms with Crippen molar-refractivity contribution in [1.82, 2.24) is 24.3 Å². The number of imidazole rings is 1. The molecule has 0 N–H and O–H groups in total. The lowest BCUT2D eigenvalue weighted by atomic mass is 9.76. The smallest absolute Gasteiger partial charge is 0.410 e. The van der Waals surface area contributed by atoms with Crippen molar-refractivity contribution in [3.05, 3.63) is 82.7 Å². The van der Waals surface area contributed by atoms with Crippen LogP contribution in [0, 0.1) is 5.92 Å². The lowest BCUT2D eigenvalue weighted by molar-refractivity contribution is 0.0178. The third-order valence-electron chi connectivity index (χ3n) is 10.4. The van der Waals surface area contributed by atoms with Gasteiger partial charge >= 0.3 is 6.09 Å². The van der Waals surface area contributed by atoms with Crippen LogP contribution < -0.4 is 0 Å². The third kappa shape index (κ3) is 4.86. The van der Waals surface area contributed by atoms with Crippen LogP contribution in [0.1, 0.15) is 87.2 Å². The number of benzene rings is 1. The van der Waals surface area contributed by atoms with Gasteiger partial charge in [0, 0.05) is 60.3 Å². The lowest BCUT2D eigenvalue weighted by Crippen LogP contribution is -2.42. The summed E-state index contributed by atoms with van der Waals surface area (Å²) in [5.74, 6) is 0.424. The Morgan fingerprint density at radius 3 is 2.75 bits per heavy atom. The lowest BCUT2D eigenvalue weighted by Gasteiger charge is -2.37. The molecule has 5 aliphatic rings. The molecule has 2 aliphatic carbocycles. The van der Waals surface area contributed by atoms with Gasteiger partial charge in [-0.3, -0.25) is 9.88 Å². The second kappa shape index (κ2) is 10.4. The molecule has 9 heteroatoms. The number of rotatable bonds is 4. The Morgan fingerprint density at radius 2 is 1.98 bits per heavy atom. The average Bonchev–Trinajstić information content (AvgIpc) is 3.81. The van der Waals surface area contributed by atoms with Gasteiger partial charge in [0.05, 0.1) is 18.1 Å². The van der Waals surface area contributed by atoms with Gasteiger partial charge in [0.1, 0.15) is 17.9 Å². The number of halogens is 1. The number of aromatic nitrogens is 3. The van der Waals surface area contributed by atoms with E-state index in [0.29, 0.717) is 25.0 Å². The SMILES string of the molecule is CC(C)(C)OC(=O)N1CCC(C2c3ccc(Cl)cc3C=C(C3OC3N3CCCC34CC4n3ccnc3)c3cccnc32)CC1. The second-order valence-electron chi connectivity index (χ2n) is 14.2. The van der Waals surface area contributed by atoms with E-state index in [4.69, 9.17) is 26.1 Å². The van der Waals surface area contributed by atoms with Crippen molar-refractivity contribution in [3.63, 3.8) is 0 Å². The molecule has 3 saturated heterocycles. The summed E-state index contributed by atoms with van der Waals surface area (Å²) in [5.41, 5.74) is 5.50. The number of likely N-dealkylation sites (tertiary alicyclic amines) is 2. The molecule has 44 heavy (non-hydrogen) atoms. The summed E-state index contributed by atoms with van der Waals surface area (Å²) < 4.78 is 14.6. The monoisotopic (exact) mass is 613 g/mol. The molecular weight excluding hydrogens is 574 g/mol. The molecule has 1 saturated carbocycles. The van der Waals surface area contributed by atoms with E-state index < -0.39 is 5.60 Å². The van der Waals surface area contributed by atoms with E-state index in [-0.39, 0.29) is 29.9 Å². The van der Waals surface area contributed by atoms with Crippen molar-refractivity contribution in [3.8, 4) is 0 Å². The molecule has 1 aromatic carbocycles. The fourth-order valence-electron chi connectivity index (χ4n) is 8.27. The van der Waals surface area contributed by atoms with Crippen molar-refractivity contribution < 1.29 is 14.3 Å². The zero-order valence-electron chi connectivity index (χ0n) is 25.7. The fraction of sp³-hybridized carbons (Fsp3) is 0.514. The van der Waals surface area contributed by atoms with E-state index in [9.17, 15) is 4.79 Å². The van der Waals surface area contributed by atoms with Gasteiger partial charge in [0.15, 0.2) is 0 Å². The van der Waals surface area contributed by atoms with E-state index in [1.807, 2.05) is 56.5 Å². The zero-order valence-corrected chi connectivity index (χ0v) is 26.4. The number of fused-ring (bicyclic) bond motifs is 2. The number of piperidine rings is 1. The maximum Gasteiger partial charge on any atom is 0.410 e. The van der Waals surface area contributed by atoms with Crippen molar-refractivity contribution in [1.29, 1.82) is 0 Å². The number of hydrogen-bond acceptors (Lipinski definition) is 6. The average molecular weight is 614 g/mol. The number of hydrogen-bond donors (Lipinski definition) is 0. The van der Waals surface area contributed by atoms with Crippen LogP contribution in [0.5, 0.6) is 0 Å². The fourth-order valence-corrected chi connectivity index (χ4v) is 8.45. The van der Waals surface area contributed by atoms with E-state index >= 15 is 0 Å². The van der Waals surface area contributed by atoms with Gasteiger partial charge in [-0.2, -0.15) is 0 Å². The standard InChI is InChI=1S/C35H40ClN5O3/c1-34(2,3)44-33(42)39-15-9-22(10-16-39)29-25-8-7-24(36)18-23(25)19-27(26-6-4-12-38-30(26)29)31-32(43-31)41-14-5-11-35(41)20-28(35)40-17-13-37-21-40/h4,6-8,12-13,17-19,21-22,28-29,31-32H,5,9-11,14-16,20H2,1-3H3. The maximum absolute atomic E-state index is 12.8. The quantitative estimate of drug-likeness (QED) is 0.302. The number of epoxide rings is 1. The van der Waals surface area contributed by atoms with Gasteiger partial charge in [-0.25, -0.2) is 9.78 Å². The van der Waals surface area contributed by atoms with Crippen LogP contribution >= 0.6 is 11.6 Å². The van der Waals surface area contributed by atoms with Crippen molar-refractivity contribution in [2.45, 2.75) is 88.3 Å². The first-order valence-electron chi connectivity index (χ1n) is 16.1. The van der Waals surface area contributed by atoms with Gasteiger partial charge in [-0.15, -0.1) is 0 Å². The van der Waals surface area contributed by atoms with Gasteiger partial charge in [0.25, 0.3) is 0 Å². The van der Waals surface area contributed by atoms with Crippen LogP contribution in [0.25, 0.3) is 11.6 Å². The highest BCUT2D eigenvalue weighted by molar-refractivity contribution is 6.30. The van der Waals surface area contributed by atoms with Crippen LogP contribution in [0.15, 0.2) is 55.2 Å². The van der Waals surface area contributed by atoms with Crippen molar-refractivity contribution in [2.24, 2.45) is 5.92 Å². The summed E-state index contributed by atoms with van der Waals surface area (Å²) >= 11 is 6.62. The van der Waals surface area contributed by atoms with E-state index in [1.165, 1.54) is 29.5 Å². The summed E-state index contributed by atoms with van der Waals surface area (Å²) in [7, 11) is 0. The molecule has 0 bridgehead atoms. The molecule has 4 fully saturated rings. The van der Waals surface area contributed by atoms with Gasteiger partial charge < -0.3 is 18.9 Å². The van der Waals surface area contributed by atoms with Crippen molar-refractivity contribution >= 4 is 29.3 Å². The minimum atomic E-state index is -0.504. The molecule has 1 amide bonds. The summed E-state index contributed by atoms with van der Waals surface area (Å²) in [6, 6.07) is 11.0. The summed E-state index contributed by atoms with van der Waals surface area (Å²) in [4.78, 5) is 26.7. The Kier molecular flexibility index (Phi) is 6.70. The van der Waals surface area contributed by atoms with Crippen LogP contribution in [0.3, 0.4) is 0 Å². The predicted octanol–water partition coefficient (Wildman–Crippen LogP) is 6.77. The number of amides is 1. The van der Waals surface area contributed by atoms with Crippen molar-refractivity contribution in [2.75, 3.05) is 19.6 Å². The Balaban J connectivity index is 1.09. The predicted molar refractivity (Wildman–Crippen MR) is 169 cm³/mol. The molecule has 1 spiro atoms.